The van der Waals surface area contributed by atoms with E-state index in [1.165, 1.54) is 25.7 Å². The Balaban J connectivity index is 1.50. The summed E-state index contributed by atoms with van der Waals surface area (Å²) in [7, 11) is -5.15. The van der Waals surface area contributed by atoms with Crippen molar-refractivity contribution in [1.29, 1.82) is 0 Å². The second-order valence-corrected chi connectivity index (χ2v) is 20.2. The lowest BCUT2D eigenvalue weighted by molar-refractivity contribution is -0.361. The Morgan fingerprint density at radius 1 is 0.507 bits per heavy atom. The molecule has 29 heteroatoms. The highest BCUT2D eigenvalue weighted by Gasteiger charge is 2.56. The first-order valence-corrected chi connectivity index (χ1v) is 26.8. The highest BCUT2D eigenvalue weighted by atomic mass is 32.3. The number of amides is 4. The number of ether oxygens (including phenoxy) is 7. The van der Waals surface area contributed by atoms with Gasteiger partial charge in [-0.2, -0.15) is 8.42 Å². The molecule has 4 heterocycles. The van der Waals surface area contributed by atoms with E-state index < -0.39 is 183 Å². The highest BCUT2D eigenvalue weighted by molar-refractivity contribution is 7.80. The molecule has 4 aliphatic heterocycles. The van der Waals surface area contributed by atoms with Gasteiger partial charge in [0, 0.05) is 27.2 Å². The number of rotatable bonds is 29. The van der Waals surface area contributed by atoms with Gasteiger partial charge in [-0.25, -0.2) is 4.18 Å². The van der Waals surface area contributed by atoms with Crippen LogP contribution in [-0.4, -0.2) is 232 Å². The predicted molar refractivity (Wildman–Crippen MR) is 255 cm³/mol. The number of aliphatic hydroxyl groups is 9. The smallest absolute Gasteiger partial charge is 0.394 e. The first-order chi connectivity index (χ1) is 35.5. The number of nitrogens with one attached hydrogen (secondary N) is 4. The van der Waals surface area contributed by atoms with Crippen LogP contribution in [0.4, 0.5) is 0 Å². The molecule has 4 aliphatic rings. The molecule has 4 saturated heterocycles. The number of aliphatic hydroxyl groups excluding tert-OH is 9. The van der Waals surface area contributed by atoms with E-state index in [2.05, 4.69) is 44.5 Å². The van der Waals surface area contributed by atoms with Gasteiger partial charge >= 0.3 is 10.4 Å². The number of unbranched alkanes of at least 4 members (excludes halogenated alkanes) is 9. The molecular weight excluding hydrogens is 1020 g/mol. The molecule has 0 aromatic heterocycles. The minimum Gasteiger partial charge on any atom is -0.394 e. The van der Waals surface area contributed by atoms with Gasteiger partial charge in [0.15, 0.2) is 25.2 Å². The van der Waals surface area contributed by atoms with Crippen molar-refractivity contribution < 1.29 is 115 Å². The molecule has 14 N–H and O–H groups in total. The van der Waals surface area contributed by atoms with Gasteiger partial charge in [0.2, 0.25) is 23.6 Å². The third-order valence-corrected chi connectivity index (χ3v) is 13.6. The molecule has 28 nitrogen and oxygen atoms in total. The average molecular weight is 1110 g/mol. The molecule has 4 amide bonds. The van der Waals surface area contributed by atoms with E-state index in [9.17, 15) is 78.1 Å². The zero-order valence-electron chi connectivity index (χ0n) is 42.6. The maximum atomic E-state index is 13.3. The molecule has 0 radical (unpaired) electrons. The molecule has 16 unspecified atom stereocenters. The fourth-order valence-corrected chi connectivity index (χ4v) is 9.64. The molecule has 0 spiro atoms. The van der Waals surface area contributed by atoms with Crippen molar-refractivity contribution >= 4 is 34.0 Å². The van der Waals surface area contributed by atoms with Crippen LogP contribution in [0.5, 0.6) is 0 Å². The van der Waals surface area contributed by atoms with Crippen molar-refractivity contribution in [2.24, 2.45) is 0 Å². The lowest BCUT2D eigenvalue weighted by atomic mass is 9.93. The molecular formula is C46H80N4O24S. The summed E-state index contributed by atoms with van der Waals surface area (Å²) in [6.45, 7) is 1.40. The lowest BCUT2D eigenvalue weighted by Gasteiger charge is -2.51. The monoisotopic (exact) mass is 1100 g/mol. The molecule has 0 aliphatic carbocycles. The Kier molecular flexibility index (Phi) is 27.0. The maximum Gasteiger partial charge on any atom is 0.397 e. The number of carbonyl (C=O) groups is 4. The third-order valence-electron chi connectivity index (χ3n) is 13.1. The minimum absolute atomic E-state index is 0.0269. The average Bonchev–Trinajstić information content (AvgIpc) is 3.34. The highest BCUT2D eigenvalue weighted by Crippen LogP contribution is 2.35. The molecule has 4 fully saturated rings. The van der Waals surface area contributed by atoms with Crippen molar-refractivity contribution in [3.05, 3.63) is 12.2 Å². The Morgan fingerprint density at radius 2 is 0.907 bits per heavy atom. The van der Waals surface area contributed by atoms with Gasteiger partial charge in [0.05, 0.1) is 26.4 Å². The first kappa shape index (κ1) is 64.4. The zero-order valence-corrected chi connectivity index (χ0v) is 43.4. The van der Waals surface area contributed by atoms with Crippen LogP contribution in [-0.2, 0) is 66.9 Å². The summed E-state index contributed by atoms with van der Waals surface area (Å²) < 4.78 is 77.9. The minimum atomic E-state index is -5.15. The summed E-state index contributed by atoms with van der Waals surface area (Å²) in [6, 6.07) is -6.58. The van der Waals surface area contributed by atoms with Crippen LogP contribution >= 0.6 is 0 Å². The Morgan fingerprint density at radius 3 is 1.36 bits per heavy atom. The van der Waals surface area contributed by atoms with Crippen molar-refractivity contribution in [2.45, 2.75) is 227 Å². The standard InChI is InChI=1S/C46H80N4O24S/c1-5-6-7-8-9-10-11-12-13-14-15-16-17-18-30(57)50-32-36(59)35(58)26(19-51)69-44(32)72-40-27(20-52)70-45(33(38(40)61)48-24(3)55)73-41-28(21-53)71-46(34(39(41)62)49-25(4)56)74-42-29(22-67-75(64,65)66)68-43(63)31(37(42)60)47-23(2)54/h10-11,26-29,31-46,51-53,58-63H,5-9,12-22H2,1-4H3,(H,47,54)(H,48,55)(H,49,56)(H,50,57)(H,64,65,66)/b11-10-/t26?,27?,28?,29?,31?,32?,33?,34?,35-,36?,37?,38?,39?,40-,41-,42-,43?,44?,45?,46?/m1/s1. The van der Waals surface area contributed by atoms with Gasteiger partial charge in [0.25, 0.3) is 0 Å². The second kappa shape index (κ2) is 31.4. The summed E-state index contributed by atoms with van der Waals surface area (Å²) in [5, 5.41) is 109. The van der Waals surface area contributed by atoms with Gasteiger partial charge in [-0.15, -0.1) is 0 Å². The van der Waals surface area contributed by atoms with Crippen LogP contribution in [0.3, 0.4) is 0 Å². The Hall–Kier alpha value is -3.15. The van der Waals surface area contributed by atoms with Gasteiger partial charge in [-0.3, -0.25) is 23.7 Å². The van der Waals surface area contributed by atoms with E-state index in [1.54, 1.807) is 0 Å². The molecule has 0 aromatic carbocycles. The van der Waals surface area contributed by atoms with Crippen LogP contribution < -0.4 is 21.3 Å². The van der Waals surface area contributed by atoms with Crippen molar-refractivity contribution in [1.82, 2.24) is 21.3 Å². The van der Waals surface area contributed by atoms with Crippen LogP contribution in [0.2, 0.25) is 0 Å². The summed E-state index contributed by atoms with van der Waals surface area (Å²) in [4.78, 5) is 50.5. The van der Waals surface area contributed by atoms with Crippen molar-refractivity contribution in [2.75, 3.05) is 26.4 Å². The molecule has 0 bridgehead atoms. The van der Waals surface area contributed by atoms with Crippen LogP contribution in [0.15, 0.2) is 12.2 Å². The molecule has 0 saturated carbocycles. The lowest BCUT2D eigenvalue weighted by Crippen LogP contribution is -2.71. The molecule has 20 atom stereocenters. The molecule has 75 heavy (non-hydrogen) atoms. The Labute approximate surface area is 435 Å². The topological polar surface area (TPSA) is 427 Å². The zero-order chi connectivity index (χ0) is 55.6. The fourth-order valence-electron chi connectivity index (χ4n) is 9.34. The van der Waals surface area contributed by atoms with Crippen molar-refractivity contribution in [3.8, 4) is 0 Å². The Bertz CT molecular complexity index is 1910. The van der Waals surface area contributed by atoms with Gasteiger partial charge in [-0.1, -0.05) is 57.6 Å². The quantitative estimate of drug-likeness (QED) is 0.0192. The van der Waals surface area contributed by atoms with E-state index >= 15 is 0 Å². The fraction of sp³-hybridized carbons (Fsp3) is 0.870. The van der Waals surface area contributed by atoms with Crippen LogP contribution in [0.25, 0.3) is 0 Å². The van der Waals surface area contributed by atoms with E-state index in [4.69, 9.17) is 33.2 Å². The predicted octanol–water partition coefficient (Wildman–Crippen LogP) is -4.11. The van der Waals surface area contributed by atoms with E-state index in [1.807, 2.05) is 0 Å². The normalized spacial score (nSPS) is 36.5. The maximum absolute atomic E-state index is 13.3. The van der Waals surface area contributed by atoms with E-state index in [0.29, 0.717) is 6.42 Å². The molecule has 0 aromatic rings. The van der Waals surface area contributed by atoms with Crippen molar-refractivity contribution in [3.63, 3.8) is 0 Å². The summed E-state index contributed by atoms with van der Waals surface area (Å²) >= 11 is 0. The number of hydrogen-bond acceptors (Lipinski definition) is 23. The SMILES string of the molecule is CCCCCC/C=C\CCCCCCCC(=O)NC1C(O[C@@H]2C(CO)OC(O[C@@H]3C(CO)OC(O[C@@H]4C(COS(=O)(=O)O)OC(O)C(NC(C)=O)C4O)C(NC(C)=O)C3O)C(NC(C)=O)C2O)OC(CO)[C@@H](O)C1O. The van der Waals surface area contributed by atoms with Crippen LogP contribution in [0.1, 0.15) is 105 Å². The molecule has 434 valence electrons. The summed E-state index contributed by atoms with van der Waals surface area (Å²) in [6.07, 6.45) is -13.5. The first-order valence-electron chi connectivity index (χ1n) is 25.4. The number of carbonyl (C=O) groups excluding carboxylic acids is 4. The second-order valence-electron chi connectivity index (χ2n) is 19.1. The number of hydrogen-bond donors (Lipinski definition) is 14. The summed E-state index contributed by atoms with van der Waals surface area (Å²) in [5.74, 6) is -2.91. The summed E-state index contributed by atoms with van der Waals surface area (Å²) in [5.41, 5.74) is 0. The third kappa shape index (κ3) is 19.3. The van der Waals surface area contributed by atoms with Crippen LogP contribution in [0, 0.1) is 0 Å². The van der Waals surface area contributed by atoms with E-state index in [-0.39, 0.29) is 6.42 Å². The largest absolute Gasteiger partial charge is 0.397 e. The molecule has 4 rings (SSSR count). The van der Waals surface area contributed by atoms with Gasteiger partial charge in [0.1, 0.15) is 97.4 Å². The van der Waals surface area contributed by atoms with E-state index in [0.717, 1.165) is 59.3 Å². The number of allylic oxidation sites excluding steroid dienone is 2. The van der Waals surface area contributed by atoms with Gasteiger partial charge in [-0.05, 0) is 32.1 Å². The van der Waals surface area contributed by atoms with Gasteiger partial charge < -0.3 is 100 Å².